The summed E-state index contributed by atoms with van der Waals surface area (Å²) in [6.45, 7) is 1.79. The molecule has 164 valence electrons. The molecule has 4 aromatic rings. The summed E-state index contributed by atoms with van der Waals surface area (Å²) in [6, 6.07) is 19.7. The third-order valence-electron chi connectivity index (χ3n) is 4.81. The molecule has 4 rings (SSSR count). The zero-order valence-corrected chi connectivity index (χ0v) is 19.7. The monoisotopic (exact) mass is 521 g/mol. The first-order valence-electron chi connectivity index (χ1n) is 9.68. The van der Waals surface area contributed by atoms with Crippen molar-refractivity contribution in [2.45, 2.75) is 11.8 Å². The van der Waals surface area contributed by atoms with Crippen LogP contribution in [0.5, 0.6) is 11.6 Å². The lowest BCUT2D eigenvalue weighted by atomic mass is 10.2. The van der Waals surface area contributed by atoms with E-state index in [4.69, 9.17) is 4.74 Å². The molecule has 2 aromatic heterocycles. The van der Waals surface area contributed by atoms with Crippen LogP contribution >= 0.6 is 15.9 Å². The molecule has 0 bridgehead atoms. The number of pyridine rings is 1. The number of hydrogen-bond acceptors (Lipinski definition) is 6. The molecule has 0 spiro atoms. The molecule has 9 heteroatoms. The molecule has 33 heavy (non-hydrogen) atoms. The van der Waals surface area contributed by atoms with Crippen molar-refractivity contribution < 1.29 is 13.2 Å². The first kappa shape index (κ1) is 22.5. The summed E-state index contributed by atoms with van der Waals surface area (Å²) in [5.41, 5.74) is 0.374. The number of aryl methyl sites for hydroxylation is 1. The summed E-state index contributed by atoms with van der Waals surface area (Å²) in [4.78, 5) is 17.1. The highest BCUT2D eigenvalue weighted by Gasteiger charge is 2.24. The number of para-hydroxylation sites is 1. The topological polar surface area (TPSA) is 102 Å². The van der Waals surface area contributed by atoms with E-state index in [1.54, 1.807) is 67.6 Å². The Kier molecular flexibility index (Phi) is 6.14. The normalized spacial score (nSPS) is 11.8. The fourth-order valence-corrected chi connectivity index (χ4v) is 4.54. The van der Waals surface area contributed by atoms with Gasteiger partial charge in [0.15, 0.2) is 0 Å². The minimum Gasteiger partial charge on any atom is -0.438 e. The van der Waals surface area contributed by atoms with E-state index in [9.17, 15) is 18.5 Å². The lowest BCUT2D eigenvalue weighted by Gasteiger charge is -2.11. The number of allylic oxidation sites excluding steroid dienone is 1. The summed E-state index contributed by atoms with van der Waals surface area (Å²) < 4.78 is 34.0. The molecule has 0 aliphatic carbocycles. The second-order valence-electron chi connectivity index (χ2n) is 7.01. The molecule has 0 amide bonds. The van der Waals surface area contributed by atoms with Crippen molar-refractivity contribution in [2.24, 2.45) is 0 Å². The minimum absolute atomic E-state index is 0.0753. The smallest absolute Gasteiger partial charge is 0.269 e. The van der Waals surface area contributed by atoms with Crippen molar-refractivity contribution >= 4 is 37.5 Å². The number of rotatable bonds is 5. The predicted molar refractivity (Wildman–Crippen MR) is 128 cm³/mol. The Bertz CT molecular complexity index is 1590. The van der Waals surface area contributed by atoms with E-state index in [2.05, 4.69) is 20.9 Å². The summed E-state index contributed by atoms with van der Waals surface area (Å²) in [6.07, 6.45) is 2.54. The van der Waals surface area contributed by atoms with E-state index in [0.717, 1.165) is 11.6 Å². The molecule has 0 aliphatic rings. The van der Waals surface area contributed by atoms with Crippen molar-refractivity contribution in [1.82, 2.24) is 9.38 Å². The predicted octanol–water partition coefficient (Wildman–Crippen LogP) is 4.90. The number of nitriles is 1. The first-order valence-corrected chi connectivity index (χ1v) is 12.0. The maximum absolute atomic E-state index is 13.3. The van der Waals surface area contributed by atoms with Crippen LogP contribution in [0.15, 0.2) is 92.0 Å². The van der Waals surface area contributed by atoms with Crippen LogP contribution in [0.1, 0.15) is 11.1 Å². The molecule has 2 heterocycles. The first-order chi connectivity index (χ1) is 15.8. The van der Waals surface area contributed by atoms with Crippen molar-refractivity contribution in [2.75, 3.05) is 0 Å². The Morgan fingerprint density at radius 1 is 1.09 bits per heavy atom. The maximum atomic E-state index is 13.3. The second kappa shape index (κ2) is 9.02. The van der Waals surface area contributed by atoms with Crippen LogP contribution in [-0.4, -0.2) is 17.8 Å². The maximum Gasteiger partial charge on any atom is 0.269 e. The lowest BCUT2D eigenvalue weighted by molar-refractivity contribution is 0.461. The number of hydrogen-bond donors (Lipinski definition) is 0. The highest BCUT2D eigenvalue weighted by Crippen LogP contribution is 2.27. The third kappa shape index (κ3) is 4.44. The van der Waals surface area contributed by atoms with Gasteiger partial charge in [0.2, 0.25) is 15.7 Å². The van der Waals surface area contributed by atoms with E-state index >= 15 is 0 Å². The Morgan fingerprint density at radius 3 is 2.45 bits per heavy atom. The Morgan fingerprint density at radius 2 is 1.79 bits per heavy atom. The molecule has 0 fully saturated rings. The van der Waals surface area contributed by atoms with Crippen LogP contribution in [0.4, 0.5) is 0 Å². The van der Waals surface area contributed by atoms with Gasteiger partial charge in [-0.15, -0.1) is 0 Å². The molecular weight excluding hydrogens is 506 g/mol. The van der Waals surface area contributed by atoms with Gasteiger partial charge >= 0.3 is 0 Å². The van der Waals surface area contributed by atoms with Gasteiger partial charge in [0.25, 0.3) is 5.56 Å². The number of benzene rings is 2. The van der Waals surface area contributed by atoms with Crippen LogP contribution < -0.4 is 10.3 Å². The van der Waals surface area contributed by atoms with E-state index in [1.165, 1.54) is 22.7 Å². The molecule has 0 aliphatic heterocycles. The fraction of sp³-hybridized carbons (Fsp3) is 0.0417. The van der Waals surface area contributed by atoms with Crippen molar-refractivity contribution in [3.05, 3.63) is 104 Å². The third-order valence-corrected chi connectivity index (χ3v) is 7.02. The van der Waals surface area contributed by atoms with Crippen LogP contribution in [0.3, 0.4) is 0 Å². The van der Waals surface area contributed by atoms with Gasteiger partial charge in [0.05, 0.1) is 4.90 Å². The molecule has 0 radical (unpaired) electrons. The molecule has 0 N–H and O–H groups in total. The summed E-state index contributed by atoms with van der Waals surface area (Å²) in [7, 11) is -4.19. The molecule has 7 nitrogen and oxygen atoms in total. The van der Waals surface area contributed by atoms with Gasteiger partial charge in [-0.2, -0.15) is 10.2 Å². The van der Waals surface area contributed by atoms with Crippen molar-refractivity contribution in [3.63, 3.8) is 0 Å². The number of nitrogens with zero attached hydrogens (tertiary/aromatic N) is 3. The minimum atomic E-state index is -4.19. The number of sulfone groups is 1. The largest absolute Gasteiger partial charge is 0.438 e. The van der Waals surface area contributed by atoms with E-state index < -0.39 is 20.3 Å². The molecule has 0 unspecified atom stereocenters. The highest BCUT2D eigenvalue weighted by molar-refractivity contribution is 9.10. The summed E-state index contributed by atoms with van der Waals surface area (Å²) in [5, 5.41) is 9.69. The number of aromatic nitrogens is 2. The van der Waals surface area contributed by atoms with Crippen molar-refractivity contribution in [1.29, 1.82) is 5.26 Å². The zero-order valence-electron chi connectivity index (χ0n) is 17.3. The molecule has 0 atom stereocenters. The number of ether oxygens (including phenoxy) is 1. The highest BCUT2D eigenvalue weighted by atomic mass is 79.9. The van der Waals surface area contributed by atoms with Gasteiger partial charge in [-0.05, 0) is 61.0 Å². The van der Waals surface area contributed by atoms with Gasteiger partial charge in [-0.3, -0.25) is 9.20 Å². The summed E-state index contributed by atoms with van der Waals surface area (Å²) >= 11 is 3.26. The Labute approximate surface area is 198 Å². The van der Waals surface area contributed by atoms with Crippen molar-refractivity contribution in [3.8, 4) is 17.7 Å². The van der Waals surface area contributed by atoms with Crippen LogP contribution in [0.25, 0.3) is 11.7 Å². The van der Waals surface area contributed by atoms with E-state index in [0.29, 0.717) is 15.9 Å². The fourth-order valence-electron chi connectivity index (χ4n) is 3.14. The van der Waals surface area contributed by atoms with Crippen LogP contribution in [-0.2, 0) is 9.84 Å². The average Bonchev–Trinajstić information content (AvgIpc) is 2.80. The number of fused-ring (bicyclic) bond motifs is 1. The summed E-state index contributed by atoms with van der Waals surface area (Å²) in [5.74, 6) is 0.311. The molecule has 0 saturated heterocycles. The Hall–Kier alpha value is -3.74. The Balaban J connectivity index is 1.96. The second-order valence-corrected chi connectivity index (χ2v) is 9.85. The number of halogens is 1. The van der Waals surface area contributed by atoms with Gasteiger partial charge in [0, 0.05) is 10.7 Å². The zero-order chi connectivity index (χ0) is 23.6. The standard InChI is InChI=1S/C24H16BrN3O4S/c1-16-6-5-13-28-22(16)27-23(32-18-7-3-2-4-8-18)21(24(28)29)14-20(15-26)33(30,31)19-11-9-17(25)10-12-19/h2-14H,1H3/b20-14-. The van der Waals surface area contributed by atoms with E-state index in [-0.39, 0.29) is 16.3 Å². The quantitative estimate of drug-likeness (QED) is 0.346. The molecule has 2 aromatic carbocycles. The van der Waals surface area contributed by atoms with Crippen LogP contribution in [0.2, 0.25) is 0 Å². The van der Waals surface area contributed by atoms with Gasteiger partial charge in [-0.25, -0.2) is 8.42 Å². The van der Waals surface area contributed by atoms with Gasteiger partial charge in [0.1, 0.15) is 27.9 Å². The van der Waals surface area contributed by atoms with Gasteiger partial charge in [-0.1, -0.05) is 40.2 Å². The average molecular weight is 522 g/mol. The van der Waals surface area contributed by atoms with Crippen LogP contribution in [0, 0.1) is 18.3 Å². The lowest BCUT2D eigenvalue weighted by Crippen LogP contribution is -2.20. The molecular formula is C24H16BrN3O4S. The van der Waals surface area contributed by atoms with E-state index in [1.807, 2.05) is 0 Å². The molecule has 0 saturated carbocycles. The SMILES string of the molecule is Cc1cccn2c(=O)c(/C=C(/C#N)S(=O)(=O)c3ccc(Br)cc3)c(Oc3ccccc3)nc12. The van der Waals surface area contributed by atoms with Gasteiger partial charge < -0.3 is 4.74 Å².